The molecule has 0 aliphatic heterocycles. The quantitative estimate of drug-likeness (QED) is 0.668. The Kier molecular flexibility index (Phi) is 4.25. The van der Waals surface area contributed by atoms with E-state index >= 15 is 0 Å². The number of carbonyl (C=O) groups excluding carboxylic acids is 1. The van der Waals surface area contributed by atoms with Crippen molar-refractivity contribution in [3.8, 4) is 0 Å². The lowest BCUT2D eigenvalue weighted by Crippen LogP contribution is -2.31. The van der Waals surface area contributed by atoms with Crippen LogP contribution in [0.4, 0.5) is 4.79 Å². The molecule has 0 rings (SSSR count). The number of hydrogen-bond donors (Lipinski definition) is 1. The van der Waals surface area contributed by atoms with Crippen LogP contribution >= 0.6 is 0 Å². The SMILES string of the molecule is C=C/C(=C\C)NC(=O)OC(C)(C)C. The molecule has 0 saturated heterocycles. The van der Waals surface area contributed by atoms with Crippen molar-refractivity contribution >= 4 is 6.09 Å². The summed E-state index contributed by atoms with van der Waals surface area (Å²) in [4.78, 5) is 11.2. The molecule has 0 bridgehead atoms. The first-order valence-corrected chi connectivity index (χ1v) is 4.18. The van der Waals surface area contributed by atoms with Crippen molar-refractivity contribution in [2.75, 3.05) is 0 Å². The van der Waals surface area contributed by atoms with Crippen LogP contribution in [0.3, 0.4) is 0 Å². The highest BCUT2D eigenvalue weighted by atomic mass is 16.6. The second-order valence-corrected chi connectivity index (χ2v) is 3.58. The molecule has 74 valence electrons. The average molecular weight is 183 g/mol. The predicted octanol–water partition coefficient (Wildman–Crippen LogP) is 2.60. The van der Waals surface area contributed by atoms with Crippen molar-refractivity contribution < 1.29 is 9.53 Å². The number of carbonyl (C=O) groups is 1. The minimum atomic E-state index is -0.468. The number of ether oxygens (including phenoxy) is 1. The van der Waals surface area contributed by atoms with Gasteiger partial charge in [0.1, 0.15) is 5.60 Å². The molecular weight excluding hydrogens is 166 g/mol. The van der Waals surface area contributed by atoms with Gasteiger partial charge in [-0.2, -0.15) is 0 Å². The highest BCUT2D eigenvalue weighted by Gasteiger charge is 2.15. The number of nitrogens with one attached hydrogen (secondary N) is 1. The fraction of sp³-hybridized carbons (Fsp3) is 0.500. The van der Waals surface area contributed by atoms with Gasteiger partial charge in [-0.1, -0.05) is 12.7 Å². The van der Waals surface area contributed by atoms with Crippen LogP contribution in [-0.4, -0.2) is 11.7 Å². The first kappa shape index (κ1) is 11.8. The Labute approximate surface area is 79.5 Å². The van der Waals surface area contributed by atoms with E-state index in [1.54, 1.807) is 12.2 Å². The van der Waals surface area contributed by atoms with Gasteiger partial charge in [0.05, 0.1) is 0 Å². The molecule has 1 N–H and O–H groups in total. The zero-order chi connectivity index (χ0) is 10.5. The molecule has 3 nitrogen and oxygen atoms in total. The number of alkyl carbamates (subject to hydrolysis) is 1. The van der Waals surface area contributed by atoms with E-state index in [4.69, 9.17) is 4.74 Å². The number of amides is 1. The van der Waals surface area contributed by atoms with Gasteiger partial charge in [-0.05, 0) is 33.8 Å². The van der Waals surface area contributed by atoms with E-state index < -0.39 is 11.7 Å². The van der Waals surface area contributed by atoms with E-state index in [1.165, 1.54) is 0 Å². The summed E-state index contributed by atoms with van der Waals surface area (Å²) in [5.74, 6) is 0. The maximum atomic E-state index is 11.2. The lowest BCUT2D eigenvalue weighted by molar-refractivity contribution is 0.0548. The summed E-state index contributed by atoms with van der Waals surface area (Å²) in [5.41, 5.74) is 0.179. The molecule has 0 aliphatic carbocycles. The fourth-order valence-corrected chi connectivity index (χ4v) is 0.663. The molecule has 0 aliphatic rings. The minimum Gasteiger partial charge on any atom is -0.444 e. The van der Waals surface area contributed by atoms with Crippen LogP contribution in [-0.2, 0) is 4.74 Å². The van der Waals surface area contributed by atoms with Gasteiger partial charge >= 0.3 is 6.09 Å². The van der Waals surface area contributed by atoms with Gasteiger partial charge in [-0.25, -0.2) is 4.79 Å². The highest BCUT2D eigenvalue weighted by Crippen LogP contribution is 2.07. The van der Waals surface area contributed by atoms with Gasteiger partial charge in [0.2, 0.25) is 0 Å². The molecule has 0 spiro atoms. The maximum absolute atomic E-state index is 11.2. The third-order valence-corrected chi connectivity index (χ3v) is 1.18. The Morgan fingerprint density at radius 2 is 2.00 bits per heavy atom. The van der Waals surface area contributed by atoms with E-state index in [9.17, 15) is 4.79 Å². The third kappa shape index (κ3) is 5.96. The molecule has 0 fully saturated rings. The second kappa shape index (κ2) is 4.70. The van der Waals surface area contributed by atoms with E-state index in [0.717, 1.165) is 0 Å². The van der Waals surface area contributed by atoms with Crippen molar-refractivity contribution in [2.24, 2.45) is 0 Å². The normalized spacial score (nSPS) is 12.2. The number of hydrogen-bond acceptors (Lipinski definition) is 2. The lowest BCUT2D eigenvalue weighted by Gasteiger charge is -2.19. The molecule has 0 atom stereocenters. The zero-order valence-corrected chi connectivity index (χ0v) is 8.68. The Balaban J connectivity index is 4.09. The summed E-state index contributed by atoms with van der Waals surface area (Å²) in [5, 5.41) is 2.55. The Morgan fingerprint density at radius 1 is 1.46 bits per heavy atom. The van der Waals surface area contributed by atoms with Crippen molar-refractivity contribution in [3.05, 3.63) is 24.4 Å². The largest absolute Gasteiger partial charge is 0.444 e. The van der Waals surface area contributed by atoms with Gasteiger partial charge in [0.15, 0.2) is 0 Å². The Bertz CT molecular complexity index is 224. The summed E-state index contributed by atoms with van der Waals surface area (Å²) in [6.07, 6.45) is 2.85. The van der Waals surface area contributed by atoms with Crippen molar-refractivity contribution in [2.45, 2.75) is 33.3 Å². The van der Waals surface area contributed by atoms with E-state index in [2.05, 4.69) is 11.9 Å². The first-order chi connectivity index (χ1) is 5.89. The molecule has 0 radical (unpaired) electrons. The molecule has 0 heterocycles. The maximum Gasteiger partial charge on any atom is 0.412 e. The molecule has 0 aromatic rings. The van der Waals surface area contributed by atoms with Crippen LogP contribution in [0.1, 0.15) is 27.7 Å². The van der Waals surface area contributed by atoms with Crippen LogP contribution in [0.25, 0.3) is 0 Å². The second-order valence-electron chi connectivity index (χ2n) is 3.58. The highest BCUT2D eigenvalue weighted by molar-refractivity contribution is 5.70. The van der Waals surface area contributed by atoms with E-state index in [-0.39, 0.29) is 0 Å². The van der Waals surface area contributed by atoms with E-state index in [0.29, 0.717) is 5.70 Å². The molecule has 1 amide bonds. The number of rotatable bonds is 2. The molecule has 3 heteroatoms. The average Bonchev–Trinajstić information content (AvgIpc) is 1.96. The van der Waals surface area contributed by atoms with Crippen LogP contribution in [0.2, 0.25) is 0 Å². The molecule has 13 heavy (non-hydrogen) atoms. The van der Waals surface area contributed by atoms with Crippen LogP contribution in [0.15, 0.2) is 24.4 Å². The molecule has 0 aromatic heterocycles. The van der Waals surface area contributed by atoms with Crippen LogP contribution in [0, 0.1) is 0 Å². The smallest absolute Gasteiger partial charge is 0.412 e. The Hall–Kier alpha value is -1.25. The summed E-state index contributed by atoms with van der Waals surface area (Å²) in [7, 11) is 0. The van der Waals surface area contributed by atoms with Crippen molar-refractivity contribution in [3.63, 3.8) is 0 Å². The number of allylic oxidation sites excluding steroid dienone is 2. The van der Waals surface area contributed by atoms with Gasteiger partial charge in [0.25, 0.3) is 0 Å². The molecular formula is C10H17NO2. The lowest BCUT2D eigenvalue weighted by atomic mass is 10.2. The van der Waals surface area contributed by atoms with Gasteiger partial charge in [0, 0.05) is 5.70 Å². The Morgan fingerprint density at radius 3 is 2.31 bits per heavy atom. The van der Waals surface area contributed by atoms with E-state index in [1.807, 2.05) is 27.7 Å². The summed E-state index contributed by atoms with van der Waals surface area (Å²) >= 11 is 0. The monoisotopic (exact) mass is 183 g/mol. The van der Waals surface area contributed by atoms with Gasteiger partial charge in [-0.3, -0.25) is 5.32 Å². The molecule has 0 saturated carbocycles. The minimum absolute atomic E-state index is 0.458. The first-order valence-electron chi connectivity index (χ1n) is 4.18. The molecule has 0 aromatic carbocycles. The zero-order valence-electron chi connectivity index (χ0n) is 8.68. The topological polar surface area (TPSA) is 38.3 Å². The summed E-state index contributed by atoms with van der Waals surface area (Å²) in [6, 6.07) is 0. The standard InChI is InChI=1S/C10H17NO2/c1-6-8(7-2)11-9(12)13-10(3,4)5/h6-7H,1H2,2-5H3,(H,11,12)/b8-7+. The molecule has 0 unspecified atom stereocenters. The predicted molar refractivity (Wildman–Crippen MR) is 53.3 cm³/mol. The third-order valence-electron chi connectivity index (χ3n) is 1.18. The fourth-order valence-electron chi connectivity index (χ4n) is 0.663. The van der Waals surface area contributed by atoms with Gasteiger partial charge in [-0.15, -0.1) is 0 Å². The van der Waals surface area contributed by atoms with Crippen molar-refractivity contribution in [1.29, 1.82) is 0 Å². The summed E-state index contributed by atoms with van der Waals surface area (Å²) < 4.78 is 5.03. The van der Waals surface area contributed by atoms with Crippen LogP contribution < -0.4 is 5.32 Å². The van der Waals surface area contributed by atoms with Crippen LogP contribution in [0.5, 0.6) is 0 Å². The van der Waals surface area contributed by atoms with Crippen molar-refractivity contribution in [1.82, 2.24) is 5.32 Å². The summed E-state index contributed by atoms with van der Waals surface area (Å²) in [6.45, 7) is 10.8. The van der Waals surface area contributed by atoms with Gasteiger partial charge < -0.3 is 4.74 Å².